The molecular formula is C47H76N6O8S. The van der Waals surface area contributed by atoms with Gasteiger partial charge in [-0.3, -0.25) is 28.9 Å². The normalized spacial score (nSPS) is 17.1. The number of nitrogens with zero attached hydrogens (tertiary/aromatic N) is 3. The van der Waals surface area contributed by atoms with Crippen LogP contribution in [-0.2, 0) is 30.3 Å². The molecule has 15 heteroatoms. The number of likely N-dealkylation sites (tertiary alicyclic amines) is 1. The Morgan fingerprint density at radius 1 is 1.03 bits per heavy atom. The number of ether oxygens (including phenoxy) is 1. The largest absolute Gasteiger partial charge is 0.506 e. The van der Waals surface area contributed by atoms with Crippen molar-refractivity contribution in [3.05, 3.63) is 39.8 Å². The van der Waals surface area contributed by atoms with Gasteiger partial charge in [0.25, 0.3) is 5.91 Å². The number of aliphatic carboxylic acids is 1. The van der Waals surface area contributed by atoms with E-state index in [1.807, 2.05) is 53.5 Å². The van der Waals surface area contributed by atoms with Crippen molar-refractivity contribution in [3.8, 4) is 5.75 Å². The van der Waals surface area contributed by atoms with E-state index in [0.29, 0.717) is 23.7 Å². The van der Waals surface area contributed by atoms with Crippen molar-refractivity contribution in [1.82, 2.24) is 25.4 Å². The van der Waals surface area contributed by atoms with Crippen LogP contribution in [0.25, 0.3) is 0 Å². The summed E-state index contributed by atoms with van der Waals surface area (Å²) >= 11 is 1.18. The maximum atomic E-state index is 14.9. The lowest BCUT2D eigenvalue weighted by atomic mass is 9.84. The van der Waals surface area contributed by atoms with Gasteiger partial charge in [0.2, 0.25) is 11.8 Å². The topological polar surface area (TPSA) is 190 Å². The second-order valence-corrected chi connectivity index (χ2v) is 19.5. The summed E-state index contributed by atoms with van der Waals surface area (Å²) in [4.78, 5) is 76.2. The number of anilines is 1. The van der Waals surface area contributed by atoms with Crippen LogP contribution >= 0.6 is 11.3 Å². The molecule has 348 valence electrons. The predicted molar refractivity (Wildman–Crippen MR) is 245 cm³/mol. The lowest BCUT2D eigenvalue weighted by Gasteiger charge is -2.40. The number of piperidine rings is 1. The third-order valence-electron chi connectivity index (χ3n) is 12.0. The Morgan fingerprint density at radius 2 is 1.74 bits per heavy atom. The average molecular weight is 885 g/mol. The number of nitrogens with one attached hydrogen (secondary N) is 3. The van der Waals surface area contributed by atoms with Crippen molar-refractivity contribution in [1.29, 1.82) is 0 Å². The molecule has 62 heavy (non-hydrogen) atoms. The number of hydrogen-bond donors (Lipinski definition) is 5. The Labute approximate surface area is 374 Å². The van der Waals surface area contributed by atoms with Crippen LogP contribution in [0, 0.1) is 17.3 Å². The van der Waals surface area contributed by atoms with Gasteiger partial charge in [-0.05, 0) is 103 Å². The Bertz CT molecular complexity index is 1780. The maximum absolute atomic E-state index is 14.9. The molecule has 3 rings (SSSR count). The molecule has 1 fully saturated rings. The number of benzene rings is 1. The van der Waals surface area contributed by atoms with Crippen molar-refractivity contribution in [3.63, 3.8) is 0 Å². The van der Waals surface area contributed by atoms with E-state index in [1.165, 1.54) is 18.3 Å². The number of phenols is 1. The van der Waals surface area contributed by atoms with Crippen LogP contribution in [0.5, 0.6) is 5.75 Å². The lowest BCUT2D eigenvalue weighted by molar-refractivity contribution is -0.150. The molecule has 14 nitrogen and oxygen atoms in total. The molecule has 2 aromatic rings. The molecule has 0 saturated carbocycles. The average Bonchev–Trinajstić information content (AvgIpc) is 3.70. The molecule has 2 heterocycles. The number of likely N-dealkylation sites (N-methyl/N-ethyl adjacent to an activating group) is 1. The van der Waals surface area contributed by atoms with Crippen LogP contribution in [0.2, 0.25) is 0 Å². The minimum Gasteiger partial charge on any atom is -0.506 e. The third-order valence-corrected chi connectivity index (χ3v) is 12.9. The monoisotopic (exact) mass is 885 g/mol. The number of esters is 1. The molecule has 0 spiro atoms. The van der Waals surface area contributed by atoms with Gasteiger partial charge in [0.05, 0.1) is 17.1 Å². The van der Waals surface area contributed by atoms with Gasteiger partial charge >= 0.3 is 11.9 Å². The summed E-state index contributed by atoms with van der Waals surface area (Å²) in [5.41, 5.74) is 0.246. The fourth-order valence-corrected chi connectivity index (χ4v) is 8.98. The molecule has 6 atom stereocenters. The first-order valence-corrected chi connectivity index (χ1v) is 23.6. The number of aromatic nitrogens is 1. The molecule has 0 bridgehead atoms. The van der Waals surface area contributed by atoms with E-state index in [4.69, 9.17) is 9.72 Å². The fourth-order valence-electron chi connectivity index (χ4n) is 8.14. The van der Waals surface area contributed by atoms with E-state index in [9.17, 15) is 34.2 Å². The van der Waals surface area contributed by atoms with Crippen molar-refractivity contribution in [2.45, 2.75) is 176 Å². The SMILES string of the molecule is CCCCCCN(C(=O)[C@@H](NC(=O)[C@H]1CCCCN1C)[C@@H](C)CC)[C@H](C[C@@H](OC(C)=O)c1nc(C(=O)NC(Cc2ccc(O)c(NC(C)C)c2)CC(C)(C)C(=O)O)cs1)C(C)C. The number of carboxylic acids is 1. The van der Waals surface area contributed by atoms with E-state index in [-0.39, 0.29) is 66.4 Å². The highest BCUT2D eigenvalue weighted by Gasteiger charge is 2.39. The zero-order valence-electron chi connectivity index (χ0n) is 39.2. The minimum atomic E-state index is -1.17. The molecule has 1 aromatic heterocycles. The van der Waals surface area contributed by atoms with Gasteiger partial charge in [-0.2, -0.15) is 0 Å². The molecule has 1 aliphatic heterocycles. The summed E-state index contributed by atoms with van der Waals surface area (Å²) in [5.74, 6) is -2.45. The van der Waals surface area contributed by atoms with E-state index in [2.05, 4.69) is 27.8 Å². The zero-order chi connectivity index (χ0) is 46.3. The molecule has 0 aliphatic carbocycles. The summed E-state index contributed by atoms with van der Waals surface area (Å²) in [6.45, 7) is 20.0. The fraction of sp³-hybridized carbons (Fsp3) is 0.702. The minimum absolute atomic E-state index is 0.0558. The Kier molecular flexibility index (Phi) is 20.6. The van der Waals surface area contributed by atoms with Gasteiger partial charge in [0, 0.05) is 43.4 Å². The summed E-state index contributed by atoms with van der Waals surface area (Å²) in [7, 11) is 1.96. The Morgan fingerprint density at radius 3 is 2.34 bits per heavy atom. The predicted octanol–water partition coefficient (Wildman–Crippen LogP) is 7.95. The van der Waals surface area contributed by atoms with Crippen LogP contribution in [-0.4, -0.2) is 105 Å². The summed E-state index contributed by atoms with van der Waals surface area (Å²) in [6, 6.07) is 3.12. The van der Waals surface area contributed by atoms with Gasteiger partial charge in [0.1, 0.15) is 22.5 Å². The van der Waals surface area contributed by atoms with E-state index < -0.39 is 47.5 Å². The highest BCUT2D eigenvalue weighted by Crippen LogP contribution is 2.33. The molecular weight excluding hydrogens is 809 g/mol. The Hall–Kier alpha value is -4.24. The summed E-state index contributed by atoms with van der Waals surface area (Å²) < 4.78 is 5.94. The molecule has 3 amide bonds. The van der Waals surface area contributed by atoms with Crippen LogP contribution in [0.1, 0.15) is 161 Å². The molecule has 1 saturated heterocycles. The number of phenolic OH excluding ortho intramolecular Hbond substituents is 1. The number of carbonyl (C=O) groups is 5. The number of carboxylic acid groups (broad SMARTS) is 1. The number of amides is 3. The first-order valence-electron chi connectivity index (χ1n) is 22.7. The standard InChI is InChI=1S/C47H76N6O8S/c1-12-14-15-17-23-53(45(58)41(31(7)13-2)51-43(57)37-19-16-18-22-52(37)11)38(29(3)4)26-40(61-32(8)54)44-50-36(28-62-44)42(56)49-34(27-47(9,10)46(59)60)24-33-20-21-39(55)35(25-33)48-30(5)6/h20-21,25,28-31,34,37-38,40-41,48,55H,12-19,22-24,26-27H2,1-11H3,(H,49,56)(H,51,57)(H,59,60)/t31-,34?,37+,38+,40+,41-/m0/s1. The second-order valence-electron chi connectivity index (χ2n) is 18.6. The van der Waals surface area contributed by atoms with E-state index >= 15 is 0 Å². The lowest BCUT2D eigenvalue weighted by Crippen LogP contribution is -2.59. The highest BCUT2D eigenvalue weighted by atomic mass is 32.1. The Balaban J connectivity index is 1.96. The van der Waals surface area contributed by atoms with Crippen molar-refractivity contribution in [2.75, 3.05) is 25.5 Å². The molecule has 1 aliphatic rings. The number of rotatable bonds is 25. The van der Waals surface area contributed by atoms with Gasteiger partial charge < -0.3 is 35.8 Å². The van der Waals surface area contributed by atoms with Crippen LogP contribution in [0.3, 0.4) is 0 Å². The summed E-state index contributed by atoms with van der Waals surface area (Å²) in [5, 5.41) is 31.8. The van der Waals surface area contributed by atoms with Crippen LogP contribution < -0.4 is 16.0 Å². The number of aromatic hydroxyl groups is 1. The number of thiazole rings is 1. The van der Waals surface area contributed by atoms with Crippen molar-refractivity contribution in [2.24, 2.45) is 17.3 Å². The molecule has 1 unspecified atom stereocenters. The first kappa shape index (κ1) is 52.1. The molecule has 1 aromatic carbocycles. The molecule has 5 N–H and O–H groups in total. The summed E-state index contributed by atoms with van der Waals surface area (Å²) in [6.07, 6.45) is 6.93. The van der Waals surface area contributed by atoms with E-state index in [1.54, 1.807) is 37.4 Å². The molecule has 0 radical (unpaired) electrons. The van der Waals surface area contributed by atoms with Crippen molar-refractivity contribution < 1.29 is 38.9 Å². The van der Waals surface area contributed by atoms with Gasteiger partial charge in [-0.15, -0.1) is 11.3 Å². The highest BCUT2D eigenvalue weighted by molar-refractivity contribution is 7.09. The number of hydrogen-bond acceptors (Lipinski definition) is 11. The van der Waals surface area contributed by atoms with Gasteiger partial charge in [-0.1, -0.05) is 72.8 Å². The van der Waals surface area contributed by atoms with Crippen LogP contribution in [0.4, 0.5) is 5.69 Å². The van der Waals surface area contributed by atoms with Crippen molar-refractivity contribution >= 4 is 46.7 Å². The quantitative estimate of drug-likeness (QED) is 0.0370. The van der Waals surface area contributed by atoms with Gasteiger partial charge in [-0.25, -0.2) is 4.98 Å². The van der Waals surface area contributed by atoms with Gasteiger partial charge in [0.15, 0.2) is 6.10 Å². The number of unbranched alkanes of at least 4 members (excludes halogenated alkanes) is 3. The smallest absolute Gasteiger partial charge is 0.309 e. The van der Waals surface area contributed by atoms with Crippen LogP contribution in [0.15, 0.2) is 23.6 Å². The number of carbonyl (C=O) groups excluding carboxylic acids is 4. The van der Waals surface area contributed by atoms with E-state index in [0.717, 1.165) is 57.1 Å². The second kappa shape index (κ2) is 24.6. The third kappa shape index (κ3) is 15.5. The zero-order valence-corrected chi connectivity index (χ0v) is 40.0. The maximum Gasteiger partial charge on any atom is 0.309 e. The first-order chi connectivity index (χ1) is 29.2.